The lowest BCUT2D eigenvalue weighted by Gasteiger charge is -2.19. The van der Waals surface area contributed by atoms with Crippen LogP contribution < -0.4 is 0 Å². The van der Waals surface area contributed by atoms with Crippen molar-refractivity contribution in [2.75, 3.05) is 0 Å². The molecule has 1 aromatic heterocycles. The molecule has 1 saturated carbocycles. The Morgan fingerprint density at radius 2 is 1.91 bits per heavy atom. The highest BCUT2D eigenvalue weighted by atomic mass is 16.4. The van der Waals surface area contributed by atoms with E-state index >= 15 is 0 Å². The van der Waals surface area contributed by atoms with E-state index in [1.165, 1.54) is 16.3 Å². The van der Waals surface area contributed by atoms with Crippen LogP contribution in [0.2, 0.25) is 0 Å². The Labute approximate surface area is 129 Å². The number of nitrogens with zero attached hydrogens (tertiary/aromatic N) is 2. The lowest BCUT2D eigenvalue weighted by atomic mass is 9.86. The van der Waals surface area contributed by atoms with Crippen LogP contribution in [0.25, 0.3) is 22.2 Å². The monoisotopic (exact) mass is 290 g/mol. The van der Waals surface area contributed by atoms with Gasteiger partial charge >= 0.3 is 0 Å². The maximum Gasteiger partial charge on any atom is 0.247 e. The lowest BCUT2D eigenvalue weighted by molar-refractivity contribution is 0.406. The molecule has 0 bridgehead atoms. The Balaban J connectivity index is 1.66. The molecule has 0 N–H and O–H groups in total. The highest BCUT2D eigenvalue weighted by Crippen LogP contribution is 2.35. The third-order valence-corrected chi connectivity index (χ3v) is 4.40. The van der Waals surface area contributed by atoms with E-state index in [4.69, 9.17) is 4.42 Å². The van der Waals surface area contributed by atoms with Gasteiger partial charge in [0.25, 0.3) is 0 Å². The third kappa shape index (κ3) is 2.43. The molecular formula is C19H18N2O. The first-order valence-corrected chi connectivity index (χ1v) is 7.79. The molecule has 1 heterocycles. The first-order chi connectivity index (χ1) is 10.8. The van der Waals surface area contributed by atoms with Crippen LogP contribution in [0, 0.1) is 0 Å². The van der Waals surface area contributed by atoms with Gasteiger partial charge in [-0.25, -0.2) is 0 Å². The van der Waals surface area contributed by atoms with Gasteiger partial charge in [-0.15, -0.1) is 10.2 Å². The molecule has 0 aliphatic heterocycles. The Morgan fingerprint density at radius 1 is 1.05 bits per heavy atom. The molecule has 1 aliphatic carbocycles. The molecule has 1 atom stereocenters. The van der Waals surface area contributed by atoms with Crippen LogP contribution in [0.15, 0.2) is 59.0 Å². The quantitative estimate of drug-likeness (QED) is 0.616. The molecule has 0 spiro atoms. The molecule has 1 aliphatic rings. The van der Waals surface area contributed by atoms with Gasteiger partial charge in [0.1, 0.15) is 0 Å². The molecular weight excluding hydrogens is 272 g/mol. The first kappa shape index (κ1) is 13.3. The van der Waals surface area contributed by atoms with Crippen molar-refractivity contribution in [2.45, 2.75) is 31.6 Å². The number of allylic oxidation sites excluding steroid dienone is 1. The first-order valence-electron chi connectivity index (χ1n) is 7.79. The van der Waals surface area contributed by atoms with E-state index in [1.54, 1.807) is 0 Å². The number of aromatic nitrogens is 2. The maximum absolute atomic E-state index is 5.94. The molecule has 3 nitrogen and oxygen atoms in total. The van der Waals surface area contributed by atoms with Crippen molar-refractivity contribution in [1.82, 2.24) is 10.2 Å². The summed E-state index contributed by atoms with van der Waals surface area (Å²) in [5.74, 6) is 1.70. The highest BCUT2D eigenvalue weighted by molar-refractivity contribution is 5.86. The van der Waals surface area contributed by atoms with Gasteiger partial charge in [0.05, 0.1) is 0 Å². The number of hydrogen-bond donors (Lipinski definition) is 0. The minimum absolute atomic E-state index is 0.336. The van der Waals surface area contributed by atoms with E-state index in [9.17, 15) is 0 Å². The van der Waals surface area contributed by atoms with Crippen LogP contribution in [0.4, 0.5) is 0 Å². The van der Waals surface area contributed by atoms with Gasteiger partial charge in [-0.1, -0.05) is 42.5 Å². The second-order valence-electron chi connectivity index (χ2n) is 6.05. The summed E-state index contributed by atoms with van der Waals surface area (Å²) < 4.78 is 5.94. The fourth-order valence-corrected chi connectivity index (χ4v) is 3.20. The van der Waals surface area contributed by atoms with Crippen LogP contribution in [0.5, 0.6) is 0 Å². The van der Waals surface area contributed by atoms with Crippen molar-refractivity contribution < 1.29 is 4.42 Å². The molecule has 0 amide bonds. The predicted octanol–water partition coefficient (Wildman–Crippen LogP) is 5.10. The number of rotatable bonds is 2. The molecule has 3 heteroatoms. The number of hydrogen-bond acceptors (Lipinski definition) is 3. The molecule has 110 valence electrons. The maximum atomic E-state index is 5.94. The zero-order valence-electron chi connectivity index (χ0n) is 12.5. The van der Waals surface area contributed by atoms with Gasteiger partial charge in [0, 0.05) is 11.5 Å². The van der Waals surface area contributed by atoms with Gasteiger partial charge in [-0.3, -0.25) is 0 Å². The van der Waals surface area contributed by atoms with E-state index in [1.807, 2.05) is 18.2 Å². The normalized spacial score (nSPS) is 18.7. The van der Waals surface area contributed by atoms with E-state index in [-0.39, 0.29) is 0 Å². The summed E-state index contributed by atoms with van der Waals surface area (Å²) in [6, 6.07) is 14.5. The van der Waals surface area contributed by atoms with Gasteiger partial charge in [-0.05, 0) is 48.6 Å². The molecule has 4 rings (SSSR count). The lowest BCUT2D eigenvalue weighted by Crippen LogP contribution is -2.06. The molecule has 0 radical (unpaired) electrons. The van der Waals surface area contributed by atoms with Crippen LogP contribution in [0.1, 0.15) is 37.5 Å². The molecule has 1 unspecified atom stereocenters. The van der Waals surface area contributed by atoms with Crippen LogP contribution in [-0.2, 0) is 0 Å². The highest BCUT2D eigenvalue weighted by Gasteiger charge is 2.23. The average molecular weight is 290 g/mol. The average Bonchev–Trinajstić information content (AvgIpc) is 3.04. The Morgan fingerprint density at radius 3 is 2.77 bits per heavy atom. The number of benzene rings is 2. The smallest absolute Gasteiger partial charge is 0.247 e. The second kappa shape index (κ2) is 5.41. The van der Waals surface area contributed by atoms with E-state index in [0.717, 1.165) is 37.1 Å². The zero-order valence-corrected chi connectivity index (χ0v) is 12.5. The SMILES string of the molecule is C=C1CCCC(c2nnc(-c3ccc4ccccc4c3)o2)C1. The van der Waals surface area contributed by atoms with Gasteiger partial charge in [-0.2, -0.15) is 0 Å². The topological polar surface area (TPSA) is 38.9 Å². The van der Waals surface area contributed by atoms with E-state index in [2.05, 4.69) is 41.0 Å². The molecule has 3 aromatic rings. The Hall–Kier alpha value is -2.42. The summed E-state index contributed by atoms with van der Waals surface area (Å²) in [4.78, 5) is 0. The largest absolute Gasteiger partial charge is 0.420 e. The summed E-state index contributed by atoms with van der Waals surface area (Å²) in [5.41, 5.74) is 2.27. The van der Waals surface area contributed by atoms with Crippen molar-refractivity contribution in [3.05, 3.63) is 60.5 Å². The zero-order chi connectivity index (χ0) is 14.9. The summed E-state index contributed by atoms with van der Waals surface area (Å²) >= 11 is 0. The Kier molecular flexibility index (Phi) is 3.26. The Bertz CT molecular complexity index is 834. The molecule has 0 saturated heterocycles. The van der Waals surface area contributed by atoms with Crippen molar-refractivity contribution in [3.8, 4) is 11.5 Å². The minimum Gasteiger partial charge on any atom is -0.420 e. The van der Waals surface area contributed by atoms with E-state index in [0.29, 0.717) is 11.8 Å². The van der Waals surface area contributed by atoms with Gasteiger partial charge in [0.15, 0.2) is 0 Å². The van der Waals surface area contributed by atoms with Crippen molar-refractivity contribution in [3.63, 3.8) is 0 Å². The third-order valence-electron chi connectivity index (χ3n) is 4.40. The summed E-state index contributed by atoms with van der Waals surface area (Å²) in [7, 11) is 0. The van der Waals surface area contributed by atoms with Gasteiger partial charge < -0.3 is 4.42 Å². The standard InChI is InChI=1S/C19H18N2O/c1-13-5-4-8-16(11-13)18-20-21-19(22-18)17-10-9-14-6-2-3-7-15(14)12-17/h2-3,6-7,9-10,12,16H,1,4-5,8,11H2. The van der Waals surface area contributed by atoms with Crippen molar-refractivity contribution >= 4 is 10.8 Å². The molecule has 1 fully saturated rings. The predicted molar refractivity (Wildman–Crippen MR) is 87.6 cm³/mol. The number of fused-ring (bicyclic) bond motifs is 1. The molecule has 22 heavy (non-hydrogen) atoms. The summed E-state index contributed by atoms with van der Waals surface area (Å²) in [6.45, 7) is 4.10. The van der Waals surface area contributed by atoms with Crippen molar-refractivity contribution in [1.29, 1.82) is 0 Å². The molecule has 2 aromatic carbocycles. The van der Waals surface area contributed by atoms with Gasteiger partial charge in [0.2, 0.25) is 11.8 Å². The fourth-order valence-electron chi connectivity index (χ4n) is 3.20. The van der Waals surface area contributed by atoms with Crippen LogP contribution in [-0.4, -0.2) is 10.2 Å². The second-order valence-corrected chi connectivity index (χ2v) is 6.05. The minimum atomic E-state index is 0.336. The van der Waals surface area contributed by atoms with Crippen molar-refractivity contribution in [2.24, 2.45) is 0 Å². The summed E-state index contributed by atoms with van der Waals surface area (Å²) in [5, 5.41) is 10.9. The fraction of sp³-hybridized carbons (Fsp3) is 0.263. The summed E-state index contributed by atoms with van der Waals surface area (Å²) in [6.07, 6.45) is 4.37. The van der Waals surface area contributed by atoms with Crippen LogP contribution >= 0.6 is 0 Å². The van der Waals surface area contributed by atoms with Crippen LogP contribution in [0.3, 0.4) is 0 Å². The van der Waals surface area contributed by atoms with E-state index < -0.39 is 0 Å².